The van der Waals surface area contributed by atoms with E-state index in [4.69, 9.17) is 0 Å². The van der Waals surface area contributed by atoms with Crippen LogP contribution in [-0.2, 0) is 6.54 Å². The first-order valence-corrected chi connectivity index (χ1v) is 6.26. The largest absolute Gasteiger partial charge is 0.306 e. The molecule has 1 unspecified atom stereocenters. The minimum atomic E-state index is 0.314. The molecule has 0 fully saturated rings. The maximum Gasteiger partial charge on any atom is 0.110 e. The molecule has 5 heteroatoms. The zero-order valence-corrected chi connectivity index (χ0v) is 10.4. The number of rotatable bonds is 5. The molecular weight excluding hydrogens is 220 g/mol. The number of hydrogen-bond acceptors (Lipinski definition) is 4. The van der Waals surface area contributed by atoms with E-state index in [2.05, 4.69) is 27.7 Å². The Labute approximate surface area is 99.3 Å². The highest BCUT2D eigenvalue weighted by Crippen LogP contribution is 2.16. The molecule has 0 aliphatic heterocycles. The van der Waals surface area contributed by atoms with Crippen molar-refractivity contribution in [3.63, 3.8) is 0 Å². The fourth-order valence-electron chi connectivity index (χ4n) is 1.49. The summed E-state index contributed by atoms with van der Waals surface area (Å²) in [5, 5.41) is 10.8. The Bertz CT molecular complexity index is 421. The zero-order valence-electron chi connectivity index (χ0n) is 9.55. The van der Waals surface area contributed by atoms with Crippen molar-refractivity contribution in [2.45, 2.75) is 26.4 Å². The van der Waals surface area contributed by atoms with Gasteiger partial charge in [-0.2, -0.15) is 5.10 Å². The van der Waals surface area contributed by atoms with Crippen LogP contribution in [0.25, 0.3) is 0 Å². The topological polar surface area (TPSA) is 42.7 Å². The number of aromatic nitrogens is 3. The van der Waals surface area contributed by atoms with Crippen LogP contribution in [-0.4, -0.2) is 21.3 Å². The van der Waals surface area contributed by atoms with E-state index >= 15 is 0 Å². The first kappa shape index (κ1) is 11.3. The second-order valence-electron chi connectivity index (χ2n) is 3.77. The molecule has 0 saturated carbocycles. The van der Waals surface area contributed by atoms with Crippen molar-refractivity contribution in [2.75, 3.05) is 6.54 Å². The van der Waals surface area contributed by atoms with Crippen molar-refractivity contribution in [3.05, 3.63) is 34.5 Å². The van der Waals surface area contributed by atoms with E-state index in [-0.39, 0.29) is 0 Å². The van der Waals surface area contributed by atoms with Crippen LogP contribution >= 0.6 is 11.3 Å². The fourth-order valence-corrected chi connectivity index (χ4v) is 2.31. The molecule has 2 aromatic heterocycles. The summed E-state index contributed by atoms with van der Waals surface area (Å²) in [5.41, 5.74) is 1.10. The molecule has 0 aliphatic carbocycles. The number of hydrogen-bond donors (Lipinski definition) is 1. The second kappa shape index (κ2) is 5.23. The molecule has 2 rings (SSSR count). The van der Waals surface area contributed by atoms with Gasteiger partial charge in [-0.15, -0.1) is 11.3 Å². The lowest BCUT2D eigenvalue weighted by Crippen LogP contribution is -2.23. The van der Waals surface area contributed by atoms with Gasteiger partial charge in [-0.05, 0) is 19.9 Å². The summed E-state index contributed by atoms with van der Waals surface area (Å²) in [7, 11) is 0. The highest BCUT2D eigenvalue weighted by atomic mass is 32.1. The fraction of sp³-hybridized carbons (Fsp3) is 0.455. The number of nitrogens with one attached hydrogen (secondary N) is 1. The maximum atomic E-state index is 4.46. The molecule has 0 saturated heterocycles. The van der Waals surface area contributed by atoms with Crippen molar-refractivity contribution < 1.29 is 0 Å². The third kappa shape index (κ3) is 2.90. The molecule has 1 atom stereocenters. The van der Waals surface area contributed by atoms with E-state index < -0.39 is 0 Å². The maximum absolute atomic E-state index is 4.46. The van der Waals surface area contributed by atoms with Gasteiger partial charge in [0.05, 0.1) is 12.6 Å². The van der Waals surface area contributed by atoms with Crippen molar-refractivity contribution in [1.29, 1.82) is 0 Å². The van der Waals surface area contributed by atoms with Crippen LogP contribution in [0, 0.1) is 6.92 Å². The molecule has 0 amide bonds. The Morgan fingerprint density at radius 3 is 3.06 bits per heavy atom. The molecule has 0 aliphatic rings. The first-order chi connectivity index (χ1) is 7.75. The Morgan fingerprint density at radius 1 is 1.56 bits per heavy atom. The van der Waals surface area contributed by atoms with Gasteiger partial charge in [-0.3, -0.25) is 4.68 Å². The Morgan fingerprint density at radius 2 is 2.44 bits per heavy atom. The van der Waals surface area contributed by atoms with Gasteiger partial charge in [0, 0.05) is 30.0 Å². The lowest BCUT2D eigenvalue weighted by Gasteiger charge is -2.10. The molecule has 0 radical (unpaired) electrons. The predicted octanol–water partition coefficient (Wildman–Crippen LogP) is 2.00. The molecule has 0 spiro atoms. The molecule has 2 aromatic rings. The van der Waals surface area contributed by atoms with Crippen molar-refractivity contribution >= 4 is 11.3 Å². The summed E-state index contributed by atoms with van der Waals surface area (Å²) in [5.74, 6) is 0. The van der Waals surface area contributed by atoms with E-state index in [1.54, 1.807) is 17.5 Å². The Balaban J connectivity index is 1.78. The molecule has 0 bridgehead atoms. The van der Waals surface area contributed by atoms with E-state index in [9.17, 15) is 0 Å². The summed E-state index contributed by atoms with van der Waals surface area (Å²) in [4.78, 5) is 4.46. The highest BCUT2D eigenvalue weighted by molar-refractivity contribution is 7.09. The van der Waals surface area contributed by atoms with Crippen LogP contribution in [0.4, 0.5) is 0 Å². The van der Waals surface area contributed by atoms with Gasteiger partial charge in [0.25, 0.3) is 0 Å². The van der Waals surface area contributed by atoms with Crippen LogP contribution in [0.5, 0.6) is 0 Å². The molecule has 16 heavy (non-hydrogen) atoms. The molecule has 4 nitrogen and oxygen atoms in total. The zero-order chi connectivity index (χ0) is 11.4. The third-order valence-corrected chi connectivity index (χ3v) is 3.50. The lowest BCUT2D eigenvalue weighted by molar-refractivity contribution is 0.506. The van der Waals surface area contributed by atoms with E-state index in [0.717, 1.165) is 23.8 Å². The smallest absolute Gasteiger partial charge is 0.110 e. The molecule has 86 valence electrons. The summed E-state index contributed by atoms with van der Waals surface area (Å²) in [6.07, 6.45) is 3.77. The average molecular weight is 236 g/mol. The van der Waals surface area contributed by atoms with Gasteiger partial charge < -0.3 is 5.32 Å². The molecule has 1 N–H and O–H groups in total. The van der Waals surface area contributed by atoms with Gasteiger partial charge in [0.2, 0.25) is 0 Å². The molecule has 0 aromatic carbocycles. The van der Waals surface area contributed by atoms with Gasteiger partial charge >= 0.3 is 0 Å². The average Bonchev–Trinajstić information content (AvgIpc) is 2.89. The van der Waals surface area contributed by atoms with Crippen LogP contribution in [0.15, 0.2) is 23.8 Å². The minimum absolute atomic E-state index is 0.314. The van der Waals surface area contributed by atoms with E-state index in [1.807, 2.05) is 23.9 Å². The predicted molar refractivity (Wildman–Crippen MR) is 65.5 cm³/mol. The van der Waals surface area contributed by atoms with Crippen LogP contribution < -0.4 is 5.32 Å². The Hall–Kier alpha value is -1.20. The normalized spacial score (nSPS) is 12.9. The highest BCUT2D eigenvalue weighted by Gasteiger charge is 2.07. The minimum Gasteiger partial charge on any atom is -0.306 e. The van der Waals surface area contributed by atoms with Crippen molar-refractivity contribution in [3.8, 4) is 0 Å². The molecular formula is C11H16N4S. The lowest BCUT2D eigenvalue weighted by atomic mass is 10.3. The van der Waals surface area contributed by atoms with E-state index in [0.29, 0.717) is 6.04 Å². The van der Waals surface area contributed by atoms with Gasteiger partial charge in [-0.1, -0.05) is 0 Å². The van der Waals surface area contributed by atoms with E-state index in [1.165, 1.54) is 0 Å². The van der Waals surface area contributed by atoms with Crippen LogP contribution in [0.3, 0.4) is 0 Å². The quantitative estimate of drug-likeness (QED) is 0.863. The Kier molecular flexibility index (Phi) is 3.69. The SMILES string of the molecule is Cc1csc(C(C)NCCn2cccn2)n1. The summed E-state index contributed by atoms with van der Waals surface area (Å²) < 4.78 is 1.92. The monoisotopic (exact) mass is 236 g/mol. The summed E-state index contributed by atoms with van der Waals surface area (Å²) in [6, 6.07) is 2.25. The third-order valence-electron chi connectivity index (χ3n) is 2.36. The first-order valence-electron chi connectivity index (χ1n) is 5.38. The molecule has 2 heterocycles. The second-order valence-corrected chi connectivity index (χ2v) is 4.66. The van der Waals surface area contributed by atoms with Gasteiger partial charge in [0.1, 0.15) is 5.01 Å². The van der Waals surface area contributed by atoms with Gasteiger partial charge in [0.15, 0.2) is 0 Å². The summed E-state index contributed by atoms with van der Waals surface area (Å²) in [6.45, 7) is 5.96. The van der Waals surface area contributed by atoms with Crippen LogP contribution in [0.1, 0.15) is 23.7 Å². The number of nitrogens with zero attached hydrogens (tertiary/aromatic N) is 3. The summed E-state index contributed by atoms with van der Waals surface area (Å²) >= 11 is 1.71. The van der Waals surface area contributed by atoms with Crippen LogP contribution in [0.2, 0.25) is 0 Å². The van der Waals surface area contributed by atoms with Crippen molar-refractivity contribution in [2.24, 2.45) is 0 Å². The standard InChI is InChI=1S/C11H16N4S/c1-9-8-16-11(14-9)10(2)12-5-7-15-6-3-4-13-15/h3-4,6,8,10,12H,5,7H2,1-2H3. The van der Waals surface area contributed by atoms with Crippen molar-refractivity contribution in [1.82, 2.24) is 20.1 Å². The number of thiazole rings is 1. The number of aryl methyl sites for hydroxylation is 1. The van der Waals surface area contributed by atoms with Gasteiger partial charge in [-0.25, -0.2) is 4.98 Å².